The summed E-state index contributed by atoms with van der Waals surface area (Å²) in [7, 11) is 0. The number of aromatic nitrogens is 4. The quantitative estimate of drug-likeness (QED) is 0.672. The van der Waals surface area contributed by atoms with Crippen LogP contribution >= 0.6 is 0 Å². The van der Waals surface area contributed by atoms with E-state index in [1.807, 2.05) is 53.5 Å². The zero-order valence-corrected chi connectivity index (χ0v) is 17.1. The van der Waals surface area contributed by atoms with Crippen LogP contribution in [0.2, 0.25) is 0 Å². The van der Waals surface area contributed by atoms with Gasteiger partial charge < -0.3 is 5.32 Å². The molecule has 7 nitrogen and oxygen atoms in total. The van der Waals surface area contributed by atoms with Gasteiger partial charge in [-0.15, -0.1) is 0 Å². The Hall–Kier alpha value is -3.09. The summed E-state index contributed by atoms with van der Waals surface area (Å²) < 4.78 is 3.79. The highest BCUT2D eigenvalue weighted by Crippen LogP contribution is 2.21. The maximum atomic E-state index is 12.5. The molecule has 1 unspecified atom stereocenters. The Morgan fingerprint density at radius 1 is 1.07 bits per heavy atom. The highest BCUT2D eigenvalue weighted by molar-refractivity contribution is 5.88. The molecule has 2 amide bonds. The van der Waals surface area contributed by atoms with Crippen molar-refractivity contribution < 1.29 is 4.79 Å². The van der Waals surface area contributed by atoms with E-state index in [1.54, 1.807) is 12.3 Å². The van der Waals surface area contributed by atoms with E-state index in [-0.39, 0.29) is 18.1 Å². The number of benzene rings is 1. The molecule has 0 saturated carbocycles. The first-order valence-corrected chi connectivity index (χ1v) is 9.56. The van der Waals surface area contributed by atoms with Gasteiger partial charge >= 0.3 is 6.03 Å². The van der Waals surface area contributed by atoms with Crippen molar-refractivity contribution in [2.45, 2.75) is 53.2 Å². The predicted molar refractivity (Wildman–Crippen MR) is 110 cm³/mol. The highest BCUT2D eigenvalue weighted by atomic mass is 16.2. The molecule has 3 aromatic rings. The molecule has 0 aliphatic heterocycles. The summed E-state index contributed by atoms with van der Waals surface area (Å²) in [6.45, 7) is 10.7. The smallest absolute Gasteiger partial charge is 0.320 e. The van der Waals surface area contributed by atoms with Crippen molar-refractivity contribution in [1.82, 2.24) is 24.9 Å². The van der Waals surface area contributed by atoms with Gasteiger partial charge in [0.2, 0.25) is 0 Å². The van der Waals surface area contributed by atoms with Crippen molar-refractivity contribution >= 4 is 11.8 Å². The lowest BCUT2D eigenvalue weighted by molar-refractivity contribution is 0.251. The number of amides is 2. The molecule has 2 heterocycles. The first kappa shape index (κ1) is 19.7. The van der Waals surface area contributed by atoms with Crippen LogP contribution in [0.3, 0.4) is 0 Å². The van der Waals surface area contributed by atoms with Gasteiger partial charge in [-0.3, -0.25) is 10.00 Å². The van der Waals surface area contributed by atoms with E-state index in [0.29, 0.717) is 12.4 Å². The van der Waals surface area contributed by atoms with E-state index < -0.39 is 0 Å². The van der Waals surface area contributed by atoms with E-state index in [2.05, 4.69) is 41.6 Å². The zero-order chi connectivity index (χ0) is 20.3. The number of urea groups is 1. The Bertz CT molecular complexity index is 941. The normalized spacial score (nSPS) is 12.2. The number of carbonyl (C=O) groups is 1. The van der Waals surface area contributed by atoms with Crippen LogP contribution in [0.1, 0.15) is 55.4 Å². The van der Waals surface area contributed by atoms with E-state index in [4.69, 9.17) is 0 Å². The Balaban J connectivity index is 1.66. The number of nitrogens with zero attached hydrogens (tertiary/aromatic N) is 4. The van der Waals surface area contributed by atoms with Crippen molar-refractivity contribution in [3.05, 3.63) is 65.1 Å². The van der Waals surface area contributed by atoms with Crippen LogP contribution in [0.5, 0.6) is 0 Å². The minimum atomic E-state index is -0.266. The number of hydrogen-bond acceptors (Lipinski definition) is 3. The van der Waals surface area contributed by atoms with Crippen molar-refractivity contribution in [1.29, 1.82) is 0 Å². The van der Waals surface area contributed by atoms with Crippen LogP contribution in [-0.2, 0) is 6.54 Å². The molecule has 3 rings (SSSR count). The third kappa shape index (κ3) is 4.08. The number of rotatable bonds is 6. The molecule has 1 atom stereocenters. The second-order valence-corrected chi connectivity index (χ2v) is 7.24. The molecule has 7 heteroatoms. The Labute approximate surface area is 165 Å². The monoisotopic (exact) mass is 380 g/mol. The summed E-state index contributed by atoms with van der Waals surface area (Å²) in [4.78, 5) is 12.5. The molecule has 0 saturated heterocycles. The molecule has 0 aliphatic carbocycles. The molecule has 0 radical (unpaired) electrons. The molecule has 0 aliphatic rings. The van der Waals surface area contributed by atoms with E-state index in [0.717, 1.165) is 22.5 Å². The number of hydrogen-bond donors (Lipinski definition) is 2. The fourth-order valence-corrected chi connectivity index (χ4v) is 3.38. The minimum absolute atomic E-state index is 0.0141. The van der Waals surface area contributed by atoms with Crippen LogP contribution in [0.25, 0.3) is 0 Å². The fourth-order valence-electron chi connectivity index (χ4n) is 3.38. The second-order valence-electron chi connectivity index (χ2n) is 7.24. The Kier molecular flexibility index (Phi) is 5.82. The average molecular weight is 380 g/mol. The van der Waals surface area contributed by atoms with Crippen molar-refractivity contribution in [2.75, 3.05) is 5.32 Å². The molecular formula is C21H28N6O. The van der Waals surface area contributed by atoms with Crippen LogP contribution in [0.15, 0.2) is 42.6 Å². The average Bonchev–Trinajstić information content (AvgIpc) is 3.24. The number of aryl methyl sites for hydroxylation is 1. The molecule has 1 aromatic carbocycles. The van der Waals surface area contributed by atoms with E-state index >= 15 is 0 Å². The van der Waals surface area contributed by atoms with Crippen molar-refractivity contribution in [2.24, 2.45) is 0 Å². The summed E-state index contributed by atoms with van der Waals surface area (Å²) >= 11 is 0. The Morgan fingerprint density at radius 3 is 2.43 bits per heavy atom. The molecule has 28 heavy (non-hydrogen) atoms. The zero-order valence-electron chi connectivity index (χ0n) is 17.1. The first-order chi connectivity index (χ1) is 13.4. The standard InChI is InChI=1S/C21H28N6O/c1-14(2)26-17(5)19(15(3)25-26)13-22-21(28)24-20-11-12-23-27(20)16(4)18-9-7-6-8-10-18/h6-12,14,16H,13H2,1-5H3,(H2,22,24,28). The third-order valence-corrected chi connectivity index (χ3v) is 4.95. The lowest BCUT2D eigenvalue weighted by Crippen LogP contribution is -2.30. The molecule has 148 valence electrons. The molecule has 0 fully saturated rings. The van der Waals surface area contributed by atoms with Gasteiger partial charge in [0.25, 0.3) is 0 Å². The Morgan fingerprint density at radius 2 is 1.79 bits per heavy atom. The summed E-state index contributed by atoms with van der Waals surface area (Å²) in [6, 6.07) is 11.9. The summed E-state index contributed by atoms with van der Waals surface area (Å²) in [6.07, 6.45) is 1.69. The van der Waals surface area contributed by atoms with Crippen LogP contribution in [0.4, 0.5) is 10.6 Å². The van der Waals surface area contributed by atoms with Gasteiger partial charge in [-0.05, 0) is 40.2 Å². The molecular weight excluding hydrogens is 352 g/mol. The maximum Gasteiger partial charge on any atom is 0.320 e. The van der Waals surface area contributed by atoms with Gasteiger partial charge in [0, 0.05) is 29.9 Å². The lowest BCUT2D eigenvalue weighted by Gasteiger charge is -2.17. The fraction of sp³-hybridized carbons (Fsp3) is 0.381. The molecule has 2 aromatic heterocycles. The highest BCUT2D eigenvalue weighted by Gasteiger charge is 2.16. The largest absolute Gasteiger partial charge is 0.334 e. The van der Waals surface area contributed by atoms with Crippen molar-refractivity contribution in [3.8, 4) is 0 Å². The first-order valence-electron chi connectivity index (χ1n) is 9.56. The maximum absolute atomic E-state index is 12.5. The topological polar surface area (TPSA) is 76.8 Å². The van der Waals surface area contributed by atoms with Gasteiger partial charge in [-0.1, -0.05) is 30.3 Å². The second kappa shape index (κ2) is 8.29. The van der Waals surface area contributed by atoms with E-state index in [9.17, 15) is 4.79 Å². The third-order valence-electron chi connectivity index (χ3n) is 4.95. The molecule has 0 spiro atoms. The summed E-state index contributed by atoms with van der Waals surface area (Å²) in [5.74, 6) is 0.653. The van der Waals surface area contributed by atoms with Gasteiger partial charge in [0.1, 0.15) is 5.82 Å². The lowest BCUT2D eigenvalue weighted by atomic mass is 10.1. The molecule has 0 bridgehead atoms. The van der Waals surface area contributed by atoms with Gasteiger partial charge in [0.15, 0.2) is 0 Å². The van der Waals surface area contributed by atoms with Crippen molar-refractivity contribution in [3.63, 3.8) is 0 Å². The summed E-state index contributed by atoms with van der Waals surface area (Å²) in [5.41, 5.74) is 4.20. The predicted octanol–water partition coefficient (Wildman–Crippen LogP) is 4.21. The van der Waals surface area contributed by atoms with Crippen LogP contribution in [0, 0.1) is 13.8 Å². The molecule has 2 N–H and O–H groups in total. The summed E-state index contributed by atoms with van der Waals surface area (Å²) in [5, 5.41) is 14.8. The minimum Gasteiger partial charge on any atom is -0.334 e. The number of nitrogens with one attached hydrogen (secondary N) is 2. The SMILES string of the molecule is Cc1nn(C(C)C)c(C)c1CNC(=O)Nc1ccnn1C(C)c1ccccc1. The number of anilines is 1. The number of carbonyl (C=O) groups excluding carboxylic acids is 1. The van der Waals surface area contributed by atoms with Crippen LogP contribution in [-0.4, -0.2) is 25.6 Å². The van der Waals surface area contributed by atoms with Gasteiger partial charge in [-0.2, -0.15) is 10.2 Å². The van der Waals surface area contributed by atoms with Gasteiger partial charge in [-0.25, -0.2) is 9.48 Å². The van der Waals surface area contributed by atoms with Crippen LogP contribution < -0.4 is 10.6 Å². The van der Waals surface area contributed by atoms with E-state index in [1.165, 1.54) is 0 Å². The van der Waals surface area contributed by atoms with Gasteiger partial charge in [0.05, 0.1) is 17.9 Å².